The fourth-order valence-corrected chi connectivity index (χ4v) is 1.73. The van der Waals surface area contributed by atoms with Gasteiger partial charge in [0.1, 0.15) is 5.52 Å². The number of carboxylic acid groups (broad SMARTS) is 1. The van der Waals surface area contributed by atoms with Gasteiger partial charge in [0.05, 0.1) is 5.97 Å². The fourth-order valence-electron chi connectivity index (χ4n) is 1.73. The molecule has 2 heterocycles. The number of aromatic nitrogens is 2. The van der Waals surface area contributed by atoms with Crippen LogP contribution in [0.2, 0.25) is 0 Å². The van der Waals surface area contributed by atoms with Crippen molar-refractivity contribution in [1.29, 1.82) is 0 Å². The first kappa shape index (κ1) is 15.8. The van der Waals surface area contributed by atoms with Gasteiger partial charge in [-0.1, -0.05) is 46.9 Å². The lowest BCUT2D eigenvalue weighted by Crippen LogP contribution is -2.35. The predicted octanol–water partition coefficient (Wildman–Crippen LogP) is 2.31. The Labute approximate surface area is 135 Å². The molecule has 0 radical (unpaired) electrons. The van der Waals surface area contributed by atoms with Crippen LogP contribution in [-0.4, -0.2) is 14.7 Å². The molecule has 0 spiro atoms. The number of hydrogen-bond acceptors (Lipinski definition) is 3. The third kappa shape index (κ3) is 3.94. The van der Waals surface area contributed by atoms with Gasteiger partial charge in [-0.3, -0.25) is 0 Å². The summed E-state index contributed by atoms with van der Waals surface area (Å²) in [6, 6.07) is 12.3. The maximum absolute atomic E-state index is 9.51. The van der Waals surface area contributed by atoms with Crippen LogP contribution in [0.3, 0.4) is 0 Å². The molecular weight excluding hydrogens is 335 g/mol. The summed E-state index contributed by atoms with van der Waals surface area (Å²) in [5.74, 6) is -1.71. The summed E-state index contributed by atoms with van der Waals surface area (Å²) in [5, 5.41) is 11.9. The number of benzene rings is 1. The molecule has 7 heteroatoms. The predicted molar refractivity (Wildman–Crippen MR) is 81.1 cm³/mol. The second-order valence-electron chi connectivity index (χ2n) is 4.06. The number of H-pyrrole nitrogens is 1. The standard InChI is InChI=1S/C12H8N2.C2HCl3O2/c1-3-9-5-6-10-4-2-8-14-12(10)11(9)13-7-1;3-2(4,5)1(6)7/h1-8H;(H,6,7). The Bertz CT molecular complexity index is 733. The molecule has 108 valence electrons. The van der Waals surface area contributed by atoms with E-state index in [9.17, 15) is 9.90 Å². The highest BCUT2D eigenvalue weighted by Gasteiger charge is 2.20. The molecule has 1 N–H and O–H groups in total. The number of aromatic amines is 1. The van der Waals surface area contributed by atoms with Crippen molar-refractivity contribution in [3.05, 3.63) is 48.8 Å². The zero-order valence-corrected chi connectivity index (χ0v) is 12.8. The first-order valence-electron chi connectivity index (χ1n) is 5.82. The average molecular weight is 344 g/mol. The van der Waals surface area contributed by atoms with Crippen molar-refractivity contribution in [2.45, 2.75) is 3.79 Å². The van der Waals surface area contributed by atoms with Gasteiger partial charge in [0, 0.05) is 23.0 Å². The van der Waals surface area contributed by atoms with Crippen LogP contribution in [0.1, 0.15) is 0 Å². The first-order valence-corrected chi connectivity index (χ1v) is 6.95. The highest BCUT2D eigenvalue weighted by Crippen LogP contribution is 2.24. The Morgan fingerprint density at radius 1 is 1.10 bits per heavy atom. The van der Waals surface area contributed by atoms with Crippen LogP contribution in [0, 0.1) is 0 Å². The van der Waals surface area contributed by atoms with E-state index >= 15 is 0 Å². The Balaban J connectivity index is 0.000000199. The minimum Gasteiger partial charge on any atom is -0.545 e. The Kier molecular flexibility index (Phi) is 4.83. The summed E-state index contributed by atoms with van der Waals surface area (Å²) in [5.41, 5.74) is 2.14. The summed E-state index contributed by atoms with van der Waals surface area (Å²) < 4.78 is -2.28. The Morgan fingerprint density at radius 3 is 2.38 bits per heavy atom. The van der Waals surface area contributed by atoms with Gasteiger partial charge in [0.2, 0.25) is 9.31 Å². The smallest absolute Gasteiger partial charge is 0.237 e. The number of halogens is 3. The van der Waals surface area contributed by atoms with E-state index in [1.807, 2.05) is 24.5 Å². The lowest BCUT2D eigenvalue weighted by Gasteiger charge is -2.09. The molecule has 0 unspecified atom stereocenters. The second kappa shape index (κ2) is 6.43. The Morgan fingerprint density at radius 2 is 1.71 bits per heavy atom. The van der Waals surface area contributed by atoms with Crippen LogP contribution in [-0.2, 0) is 4.79 Å². The van der Waals surface area contributed by atoms with Crippen molar-refractivity contribution >= 4 is 62.6 Å². The van der Waals surface area contributed by atoms with E-state index in [1.165, 1.54) is 10.8 Å². The number of hydrogen-bond donors (Lipinski definition) is 0. The number of nitrogens with zero attached hydrogens (tertiary/aromatic N) is 1. The Hall–Kier alpha value is -1.62. The number of carbonyl (C=O) groups excluding carboxylic acids is 1. The van der Waals surface area contributed by atoms with Gasteiger partial charge in [0.15, 0.2) is 6.20 Å². The third-order valence-corrected chi connectivity index (χ3v) is 3.10. The quantitative estimate of drug-likeness (QED) is 0.465. The number of rotatable bonds is 0. The van der Waals surface area contributed by atoms with Crippen LogP contribution in [0.15, 0.2) is 48.8 Å². The van der Waals surface area contributed by atoms with Crippen molar-refractivity contribution in [3.63, 3.8) is 0 Å². The number of pyridine rings is 2. The summed E-state index contributed by atoms with van der Waals surface area (Å²) in [7, 11) is 0. The van der Waals surface area contributed by atoms with E-state index in [1.54, 1.807) is 0 Å². The van der Waals surface area contributed by atoms with Crippen molar-refractivity contribution in [1.82, 2.24) is 4.98 Å². The van der Waals surface area contributed by atoms with Gasteiger partial charge in [-0.15, -0.1) is 0 Å². The van der Waals surface area contributed by atoms with Crippen molar-refractivity contribution in [2.24, 2.45) is 0 Å². The van der Waals surface area contributed by atoms with Gasteiger partial charge < -0.3 is 9.90 Å². The lowest BCUT2D eigenvalue weighted by atomic mass is 10.1. The topological polar surface area (TPSA) is 67.2 Å². The van der Waals surface area contributed by atoms with Gasteiger partial charge >= 0.3 is 0 Å². The molecule has 0 atom stereocenters. The fraction of sp³-hybridized carbons (Fsp3) is 0.0714. The molecule has 0 aliphatic heterocycles. The zero-order chi connectivity index (χ0) is 15.5. The maximum Gasteiger partial charge on any atom is 0.237 e. The molecule has 0 saturated carbocycles. The summed E-state index contributed by atoms with van der Waals surface area (Å²) in [4.78, 5) is 17.1. The van der Waals surface area contributed by atoms with E-state index in [-0.39, 0.29) is 0 Å². The third-order valence-electron chi connectivity index (χ3n) is 2.64. The number of fused-ring (bicyclic) bond motifs is 3. The van der Waals surface area contributed by atoms with Crippen LogP contribution < -0.4 is 10.1 Å². The van der Waals surface area contributed by atoms with Gasteiger partial charge in [-0.25, -0.2) is 9.97 Å². The molecule has 0 fully saturated rings. The molecule has 2 aromatic heterocycles. The first-order chi connectivity index (χ1) is 9.89. The van der Waals surface area contributed by atoms with Crippen molar-refractivity contribution in [3.8, 4) is 0 Å². The van der Waals surface area contributed by atoms with E-state index < -0.39 is 9.76 Å². The molecular formula is C14H9Cl3N2O2. The van der Waals surface area contributed by atoms with Gasteiger partial charge in [-0.05, 0) is 18.2 Å². The highest BCUT2D eigenvalue weighted by atomic mass is 35.6. The molecule has 3 rings (SSSR count). The molecule has 0 aliphatic rings. The van der Waals surface area contributed by atoms with E-state index in [0.29, 0.717) is 0 Å². The summed E-state index contributed by atoms with van der Waals surface area (Å²) >= 11 is 14.2. The van der Waals surface area contributed by atoms with Crippen molar-refractivity contribution in [2.75, 3.05) is 0 Å². The van der Waals surface area contributed by atoms with Crippen LogP contribution in [0.4, 0.5) is 0 Å². The minimum absolute atomic E-state index is 1.03. The molecule has 0 bridgehead atoms. The molecule has 4 nitrogen and oxygen atoms in total. The van der Waals surface area contributed by atoms with Crippen LogP contribution in [0.5, 0.6) is 0 Å². The SMILES string of the molecule is O=C([O-])C(Cl)(Cl)Cl.c1cnc2c(c1)ccc1ccc[nH+]c12. The van der Waals surface area contributed by atoms with Crippen LogP contribution >= 0.6 is 34.8 Å². The summed E-state index contributed by atoms with van der Waals surface area (Å²) in [6.45, 7) is 0. The molecule has 0 saturated heterocycles. The normalized spacial score (nSPS) is 11.0. The van der Waals surface area contributed by atoms with Gasteiger partial charge in [0.25, 0.3) is 0 Å². The minimum atomic E-state index is -2.28. The molecule has 1 aromatic carbocycles. The number of alkyl halides is 3. The lowest BCUT2D eigenvalue weighted by molar-refractivity contribution is -0.343. The number of carboxylic acids is 1. The van der Waals surface area contributed by atoms with Gasteiger partial charge in [-0.2, -0.15) is 0 Å². The number of nitrogens with one attached hydrogen (secondary N) is 1. The highest BCUT2D eigenvalue weighted by molar-refractivity contribution is 6.75. The zero-order valence-electron chi connectivity index (χ0n) is 10.5. The summed E-state index contributed by atoms with van der Waals surface area (Å²) in [6.07, 6.45) is 3.75. The van der Waals surface area contributed by atoms with E-state index in [4.69, 9.17) is 34.8 Å². The average Bonchev–Trinajstić information content (AvgIpc) is 2.47. The maximum atomic E-state index is 9.51. The molecule has 0 aliphatic carbocycles. The van der Waals surface area contributed by atoms with E-state index in [2.05, 4.69) is 34.2 Å². The molecule has 3 aromatic rings. The number of aliphatic carboxylic acids is 1. The molecule has 0 amide bonds. The number of carbonyl (C=O) groups is 1. The monoisotopic (exact) mass is 342 g/mol. The largest absolute Gasteiger partial charge is 0.545 e. The van der Waals surface area contributed by atoms with E-state index in [0.717, 1.165) is 11.0 Å². The van der Waals surface area contributed by atoms with Crippen LogP contribution in [0.25, 0.3) is 21.8 Å². The van der Waals surface area contributed by atoms with Crippen molar-refractivity contribution < 1.29 is 14.9 Å². The molecule has 21 heavy (non-hydrogen) atoms. The second-order valence-corrected chi connectivity index (χ2v) is 6.34.